The molecule has 3 heteroatoms. The van der Waals surface area contributed by atoms with Crippen molar-refractivity contribution in [3.05, 3.63) is 106 Å². The zero-order valence-corrected chi connectivity index (χ0v) is 18.0. The zero-order chi connectivity index (χ0) is 21.8. The van der Waals surface area contributed by atoms with E-state index >= 15 is 0 Å². The molecule has 4 rings (SSSR count). The minimum atomic E-state index is -0.209. The van der Waals surface area contributed by atoms with Gasteiger partial charge in [-0.1, -0.05) is 72.7 Å². The highest BCUT2D eigenvalue weighted by atomic mass is 16.2. The molecule has 1 atom stereocenters. The molecule has 1 aliphatic rings. The van der Waals surface area contributed by atoms with Crippen molar-refractivity contribution in [3.8, 4) is 11.8 Å². The molecule has 2 aromatic carbocycles. The van der Waals surface area contributed by atoms with Crippen LogP contribution in [0.2, 0.25) is 0 Å². The number of nitrogens with zero attached hydrogens (tertiary/aromatic N) is 1. The van der Waals surface area contributed by atoms with Gasteiger partial charge in [0.05, 0.1) is 6.04 Å². The lowest BCUT2D eigenvalue weighted by Gasteiger charge is -2.35. The average molecular weight is 407 g/mol. The highest BCUT2D eigenvalue weighted by molar-refractivity contribution is 5.95. The number of nitrogens with one attached hydrogen (secondary N) is 1. The first-order valence-corrected chi connectivity index (χ1v) is 10.6. The normalized spacial score (nSPS) is 15.3. The van der Waals surface area contributed by atoms with E-state index in [0.29, 0.717) is 6.54 Å². The first-order valence-electron chi connectivity index (χ1n) is 10.6. The highest BCUT2D eigenvalue weighted by Gasteiger charge is 2.34. The number of fused-ring (bicyclic) bond motifs is 1. The van der Waals surface area contributed by atoms with Gasteiger partial charge in [0.15, 0.2) is 0 Å². The maximum atomic E-state index is 13.2. The third-order valence-electron chi connectivity index (χ3n) is 5.68. The second-order valence-corrected chi connectivity index (χ2v) is 7.73. The molecule has 1 aromatic heterocycles. The number of H-pyrrole nitrogens is 1. The summed E-state index contributed by atoms with van der Waals surface area (Å²) in [5.41, 5.74) is 7.53. The van der Waals surface area contributed by atoms with Crippen LogP contribution in [0.1, 0.15) is 52.2 Å². The fraction of sp³-hybridized carbons (Fsp3) is 0.179. The summed E-state index contributed by atoms with van der Waals surface area (Å²) >= 11 is 0. The molecular weight excluding hydrogens is 380 g/mol. The predicted molar refractivity (Wildman–Crippen MR) is 127 cm³/mol. The first-order chi connectivity index (χ1) is 15.1. The number of amides is 1. The van der Waals surface area contributed by atoms with Crippen LogP contribution in [0.4, 0.5) is 0 Å². The summed E-state index contributed by atoms with van der Waals surface area (Å²) < 4.78 is 0. The summed E-state index contributed by atoms with van der Waals surface area (Å²) in [6, 6.07) is 17.8. The van der Waals surface area contributed by atoms with E-state index in [9.17, 15) is 4.79 Å². The molecule has 3 aromatic rings. The van der Waals surface area contributed by atoms with Gasteiger partial charge in [0, 0.05) is 35.0 Å². The van der Waals surface area contributed by atoms with E-state index < -0.39 is 0 Å². The number of rotatable bonds is 3. The molecule has 31 heavy (non-hydrogen) atoms. The number of hydrogen-bond acceptors (Lipinski definition) is 1. The van der Waals surface area contributed by atoms with Gasteiger partial charge in [0.25, 0.3) is 5.91 Å². The van der Waals surface area contributed by atoms with Crippen LogP contribution in [0.5, 0.6) is 0 Å². The lowest BCUT2D eigenvalue weighted by molar-refractivity contribution is -0.127. The van der Waals surface area contributed by atoms with Crippen LogP contribution in [0.3, 0.4) is 0 Å². The Morgan fingerprint density at radius 1 is 1.16 bits per heavy atom. The van der Waals surface area contributed by atoms with Crippen LogP contribution >= 0.6 is 0 Å². The fourth-order valence-electron chi connectivity index (χ4n) is 4.18. The number of hydrogen-bond donors (Lipinski definition) is 1. The van der Waals surface area contributed by atoms with Crippen molar-refractivity contribution < 1.29 is 4.79 Å². The minimum Gasteiger partial charge on any atom is -0.356 e. The SMILES string of the molecule is C=Cc1c(/C=C\C)[nH]c2c1CCN(C(=O)C#Cc1ccccc1)C2c1ccc(C)cc1. The van der Waals surface area contributed by atoms with Gasteiger partial charge in [0.2, 0.25) is 0 Å². The van der Waals surface area contributed by atoms with Crippen molar-refractivity contribution in [2.45, 2.75) is 26.3 Å². The number of aromatic amines is 1. The van der Waals surface area contributed by atoms with E-state index in [1.54, 1.807) is 0 Å². The summed E-state index contributed by atoms with van der Waals surface area (Å²) in [5.74, 6) is 5.71. The molecule has 1 unspecified atom stereocenters. The van der Waals surface area contributed by atoms with Gasteiger partial charge < -0.3 is 9.88 Å². The monoisotopic (exact) mass is 406 g/mol. The standard InChI is InChI=1S/C28H26N2O/c1-4-9-25-23(5-2)24-18-19-30(26(31)17-14-21-10-7-6-8-11-21)28(27(24)29-25)22-15-12-20(3)13-16-22/h4-13,15-16,28-29H,2,18-19H2,1,3H3/b9-4-. The van der Waals surface area contributed by atoms with Crippen LogP contribution in [0, 0.1) is 18.8 Å². The number of benzene rings is 2. The number of allylic oxidation sites excluding steroid dienone is 1. The smallest absolute Gasteiger partial charge is 0.299 e. The molecule has 3 nitrogen and oxygen atoms in total. The molecule has 1 amide bonds. The average Bonchev–Trinajstić information content (AvgIpc) is 3.15. The van der Waals surface area contributed by atoms with Crippen LogP contribution < -0.4 is 0 Å². The van der Waals surface area contributed by atoms with Gasteiger partial charge in [-0.05, 0) is 49.6 Å². The lowest BCUT2D eigenvalue weighted by atomic mass is 9.91. The molecule has 0 fully saturated rings. The number of aromatic nitrogens is 1. The summed E-state index contributed by atoms with van der Waals surface area (Å²) in [4.78, 5) is 18.7. The second-order valence-electron chi connectivity index (χ2n) is 7.73. The van der Waals surface area contributed by atoms with E-state index in [1.165, 1.54) is 11.1 Å². The Morgan fingerprint density at radius 2 is 1.90 bits per heavy atom. The molecule has 0 spiro atoms. The molecule has 1 N–H and O–H groups in total. The molecule has 154 valence electrons. The number of carbonyl (C=O) groups is 1. The summed E-state index contributed by atoms with van der Waals surface area (Å²) in [6.07, 6.45) is 6.75. The van der Waals surface area contributed by atoms with Crippen molar-refractivity contribution in [2.75, 3.05) is 6.54 Å². The summed E-state index contributed by atoms with van der Waals surface area (Å²) in [6.45, 7) is 8.70. The van der Waals surface area contributed by atoms with Gasteiger partial charge in [0.1, 0.15) is 0 Å². The molecule has 0 bridgehead atoms. The summed E-state index contributed by atoms with van der Waals surface area (Å²) in [5, 5.41) is 0. The van der Waals surface area contributed by atoms with E-state index in [2.05, 4.69) is 60.7 Å². The number of carbonyl (C=O) groups excluding carboxylic acids is 1. The second kappa shape index (κ2) is 8.93. The third-order valence-corrected chi connectivity index (χ3v) is 5.68. The van der Waals surface area contributed by atoms with Crippen LogP contribution in [-0.4, -0.2) is 22.3 Å². The van der Waals surface area contributed by atoms with Gasteiger partial charge in [-0.2, -0.15) is 0 Å². The predicted octanol–water partition coefficient (Wildman–Crippen LogP) is 5.53. The quantitative estimate of drug-likeness (QED) is 0.571. The van der Waals surface area contributed by atoms with Crippen molar-refractivity contribution in [3.63, 3.8) is 0 Å². The molecule has 0 aliphatic carbocycles. The minimum absolute atomic E-state index is 0.164. The van der Waals surface area contributed by atoms with Crippen molar-refractivity contribution in [2.24, 2.45) is 0 Å². The first kappa shape index (κ1) is 20.5. The van der Waals surface area contributed by atoms with E-state index in [1.807, 2.05) is 54.3 Å². The maximum absolute atomic E-state index is 13.2. The topological polar surface area (TPSA) is 36.1 Å². The Labute approximate surface area is 184 Å². The van der Waals surface area contributed by atoms with Gasteiger partial charge in [-0.25, -0.2) is 0 Å². The van der Waals surface area contributed by atoms with Crippen molar-refractivity contribution in [1.29, 1.82) is 0 Å². The number of aryl methyl sites for hydroxylation is 1. The molecule has 0 radical (unpaired) electrons. The molecule has 0 saturated heterocycles. The molecule has 2 heterocycles. The van der Waals surface area contributed by atoms with E-state index in [0.717, 1.165) is 34.5 Å². The largest absolute Gasteiger partial charge is 0.356 e. The fourth-order valence-corrected chi connectivity index (χ4v) is 4.18. The molecule has 1 aliphatic heterocycles. The van der Waals surface area contributed by atoms with Crippen molar-refractivity contribution >= 4 is 18.1 Å². The maximum Gasteiger partial charge on any atom is 0.299 e. The lowest BCUT2D eigenvalue weighted by Crippen LogP contribution is -2.40. The Balaban J connectivity index is 1.79. The Bertz CT molecular complexity index is 1190. The van der Waals surface area contributed by atoms with Crippen molar-refractivity contribution in [1.82, 2.24) is 9.88 Å². The summed E-state index contributed by atoms with van der Waals surface area (Å²) in [7, 11) is 0. The van der Waals surface area contributed by atoms with Gasteiger partial charge in [-0.15, -0.1) is 0 Å². The molecule has 0 saturated carbocycles. The Hall–Kier alpha value is -3.77. The zero-order valence-electron chi connectivity index (χ0n) is 18.0. The Kier molecular flexibility index (Phi) is 5.91. The van der Waals surface area contributed by atoms with Crippen LogP contribution in [0.15, 0.2) is 67.3 Å². The molecular formula is C28H26N2O. The van der Waals surface area contributed by atoms with Crippen LogP contribution in [-0.2, 0) is 11.2 Å². The third kappa shape index (κ3) is 4.11. The van der Waals surface area contributed by atoms with E-state index in [-0.39, 0.29) is 11.9 Å². The van der Waals surface area contributed by atoms with Gasteiger partial charge >= 0.3 is 0 Å². The highest BCUT2D eigenvalue weighted by Crippen LogP contribution is 2.38. The van der Waals surface area contributed by atoms with Gasteiger partial charge in [-0.3, -0.25) is 4.79 Å². The van der Waals surface area contributed by atoms with Crippen LogP contribution in [0.25, 0.3) is 12.2 Å². The Morgan fingerprint density at radius 3 is 2.58 bits per heavy atom. The van der Waals surface area contributed by atoms with E-state index in [4.69, 9.17) is 0 Å².